The van der Waals surface area contributed by atoms with Gasteiger partial charge in [-0.1, -0.05) is 0 Å². The minimum Gasteiger partial charge on any atom is -0.468 e. The fourth-order valence-corrected chi connectivity index (χ4v) is 3.78. The first-order valence-corrected chi connectivity index (χ1v) is 10.7. The summed E-state index contributed by atoms with van der Waals surface area (Å²) in [6, 6.07) is 9.07. The molecule has 0 fully saturated rings. The molecule has 3 aromatic heterocycles. The molecule has 0 bridgehead atoms. The molecule has 1 N–H and O–H groups in total. The Kier molecular flexibility index (Phi) is 5.95. The van der Waals surface area contributed by atoms with Crippen LogP contribution in [0.2, 0.25) is 0 Å². The van der Waals surface area contributed by atoms with Crippen LogP contribution in [-0.4, -0.2) is 49.5 Å². The summed E-state index contributed by atoms with van der Waals surface area (Å²) in [6.07, 6.45) is 1.59. The number of hydrogen-bond acceptors (Lipinski definition) is 10. The van der Waals surface area contributed by atoms with Crippen molar-refractivity contribution in [3.63, 3.8) is 0 Å². The summed E-state index contributed by atoms with van der Waals surface area (Å²) in [5.74, 6) is 1.98. The molecule has 0 amide bonds. The largest absolute Gasteiger partial charge is 0.468 e. The highest BCUT2D eigenvalue weighted by atomic mass is 16.7. The van der Waals surface area contributed by atoms with Gasteiger partial charge in [-0.2, -0.15) is 0 Å². The highest BCUT2D eigenvalue weighted by molar-refractivity contribution is 5.83. The monoisotopic (exact) mass is 466 g/mol. The van der Waals surface area contributed by atoms with Gasteiger partial charge in [0.15, 0.2) is 17.3 Å². The number of fused-ring (bicyclic) bond motifs is 2. The van der Waals surface area contributed by atoms with Crippen LogP contribution in [0.1, 0.15) is 24.1 Å². The number of nitrogens with one attached hydrogen (secondary N) is 1. The average Bonchev–Trinajstić information content (AvgIpc) is 3.56. The van der Waals surface area contributed by atoms with Crippen molar-refractivity contribution in [2.24, 2.45) is 0 Å². The first kappa shape index (κ1) is 21.6. The number of H-pyrrole nitrogens is 1. The molecule has 0 saturated carbocycles. The van der Waals surface area contributed by atoms with Gasteiger partial charge >= 0.3 is 5.97 Å². The van der Waals surface area contributed by atoms with E-state index in [9.17, 15) is 9.59 Å². The van der Waals surface area contributed by atoms with E-state index in [0.717, 1.165) is 5.39 Å². The molecule has 1 aromatic carbocycles. The lowest BCUT2D eigenvalue weighted by atomic mass is 10.1. The topological polar surface area (TPSA) is 138 Å². The maximum absolute atomic E-state index is 12.9. The zero-order valence-corrected chi connectivity index (χ0v) is 18.4. The van der Waals surface area contributed by atoms with Gasteiger partial charge in [-0.15, -0.1) is 5.10 Å². The Bertz CT molecular complexity index is 1360. The summed E-state index contributed by atoms with van der Waals surface area (Å²) >= 11 is 0. The first-order chi connectivity index (χ1) is 16.6. The predicted octanol–water partition coefficient (Wildman–Crippen LogP) is 1.60. The summed E-state index contributed by atoms with van der Waals surface area (Å²) in [5, 5.41) is 12.5. The Morgan fingerprint density at radius 3 is 2.85 bits per heavy atom. The van der Waals surface area contributed by atoms with Crippen molar-refractivity contribution >= 4 is 16.9 Å². The molecule has 4 aromatic rings. The maximum Gasteiger partial charge on any atom is 0.327 e. The highest BCUT2D eigenvalue weighted by Crippen LogP contribution is 2.35. The number of benzene rings is 1. The van der Waals surface area contributed by atoms with E-state index < -0.39 is 5.97 Å². The second kappa shape index (κ2) is 9.35. The number of nitrogens with zero attached hydrogens (tertiary/aromatic N) is 5. The summed E-state index contributed by atoms with van der Waals surface area (Å²) in [5.41, 5.74) is 0.984. The van der Waals surface area contributed by atoms with Gasteiger partial charge in [0.05, 0.1) is 31.5 Å². The van der Waals surface area contributed by atoms with Gasteiger partial charge in [-0.25, -0.2) is 4.68 Å². The quantitative estimate of drug-likeness (QED) is 0.362. The van der Waals surface area contributed by atoms with Crippen LogP contribution in [0.3, 0.4) is 0 Å². The number of esters is 1. The fourth-order valence-electron chi connectivity index (χ4n) is 3.78. The van der Waals surface area contributed by atoms with Crippen molar-refractivity contribution < 1.29 is 23.4 Å². The van der Waals surface area contributed by atoms with Gasteiger partial charge < -0.3 is 23.6 Å². The lowest BCUT2D eigenvalue weighted by Crippen LogP contribution is -2.28. The van der Waals surface area contributed by atoms with Crippen molar-refractivity contribution in [1.82, 2.24) is 30.1 Å². The van der Waals surface area contributed by atoms with E-state index in [1.807, 2.05) is 23.1 Å². The Labute approximate surface area is 193 Å². The highest BCUT2D eigenvalue weighted by Gasteiger charge is 2.19. The minimum absolute atomic E-state index is 0.103. The third-order valence-corrected chi connectivity index (χ3v) is 5.32. The van der Waals surface area contributed by atoms with Gasteiger partial charge in [-0.05, 0) is 41.6 Å². The zero-order valence-electron chi connectivity index (χ0n) is 18.4. The Morgan fingerprint density at radius 2 is 2.06 bits per heavy atom. The molecule has 0 atom stereocenters. The molecule has 12 heteroatoms. The predicted molar refractivity (Wildman–Crippen MR) is 117 cm³/mol. The molecule has 5 rings (SSSR count). The van der Waals surface area contributed by atoms with Crippen LogP contribution in [0, 0.1) is 0 Å². The Balaban J connectivity index is 1.42. The molecular weight excluding hydrogens is 444 g/mol. The third kappa shape index (κ3) is 4.62. The molecule has 0 radical (unpaired) electrons. The molecule has 0 saturated heterocycles. The summed E-state index contributed by atoms with van der Waals surface area (Å²) in [6.45, 7) is 3.01. The van der Waals surface area contributed by atoms with Gasteiger partial charge in [0.1, 0.15) is 12.3 Å². The Hall–Kier alpha value is -4.19. The molecule has 34 heavy (non-hydrogen) atoms. The molecule has 1 aliphatic rings. The van der Waals surface area contributed by atoms with Gasteiger partial charge in [0.25, 0.3) is 5.56 Å². The number of furan rings is 1. The van der Waals surface area contributed by atoms with Crippen LogP contribution in [0.4, 0.5) is 0 Å². The van der Waals surface area contributed by atoms with Crippen LogP contribution in [0.25, 0.3) is 10.9 Å². The first-order valence-electron chi connectivity index (χ1n) is 10.7. The van der Waals surface area contributed by atoms with Crippen molar-refractivity contribution in [2.45, 2.75) is 33.1 Å². The third-order valence-electron chi connectivity index (χ3n) is 5.32. The van der Waals surface area contributed by atoms with Gasteiger partial charge in [0, 0.05) is 23.6 Å². The van der Waals surface area contributed by atoms with Gasteiger partial charge in [-0.3, -0.25) is 14.5 Å². The number of rotatable bonds is 9. The van der Waals surface area contributed by atoms with Crippen molar-refractivity contribution in [3.05, 3.63) is 64.1 Å². The number of carbonyl (C=O) groups excluding carboxylic acids is 1. The molecule has 0 spiro atoms. The minimum atomic E-state index is -0.432. The SMILES string of the molecule is CCOC(=O)Cn1nnnc1CN(Cc1ccco1)Cc1cc2cc3c(cc2[nH]c1=O)OCO3. The average molecular weight is 466 g/mol. The van der Waals surface area contributed by atoms with Crippen LogP contribution >= 0.6 is 0 Å². The summed E-state index contributed by atoms with van der Waals surface area (Å²) in [4.78, 5) is 29.7. The molecule has 0 aliphatic carbocycles. The number of tetrazole rings is 1. The second-order valence-electron chi connectivity index (χ2n) is 7.70. The molecule has 0 unspecified atom stereocenters. The van der Waals surface area contributed by atoms with Crippen molar-refractivity contribution in [2.75, 3.05) is 13.4 Å². The number of ether oxygens (including phenoxy) is 3. The fraction of sp³-hybridized carbons (Fsp3) is 0.318. The van der Waals surface area contributed by atoms with Crippen LogP contribution in [0.5, 0.6) is 11.5 Å². The van der Waals surface area contributed by atoms with Crippen LogP contribution in [0.15, 0.2) is 45.8 Å². The zero-order chi connectivity index (χ0) is 23.5. The number of pyridine rings is 1. The number of aromatic nitrogens is 5. The van der Waals surface area contributed by atoms with E-state index in [2.05, 4.69) is 20.5 Å². The Morgan fingerprint density at radius 1 is 1.21 bits per heavy atom. The summed E-state index contributed by atoms with van der Waals surface area (Å²) in [7, 11) is 0. The molecule has 176 valence electrons. The lowest BCUT2D eigenvalue weighted by Gasteiger charge is -2.20. The van der Waals surface area contributed by atoms with Gasteiger partial charge in [0.2, 0.25) is 6.79 Å². The molecule has 1 aliphatic heterocycles. The van der Waals surface area contributed by atoms with Crippen molar-refractivity contribution in [1.29, 1.82) is 0 Å². The van der Waals surface area contributed by atoms with E-state index in [4.69, 9.17) is 18.6 Å². The van der Waals surface area contributed by atoms with E-state index in [-0.39, 0.29) is 38.6 Å². The summed E-state index contributed by atoms with van der Waals surface area (Å²) < 4.78 is 22.7. The smallest absolute Gasteiger partial charge is 0.327 e. The maximum atomic E-state index is 12.9. The van der Waals surface area contributed by atoms with Crippen LogP contribution in [-0.2, 0) is 35.7 Å². The van der Waals surface area contributed by atoms with E-state index in [1.54, 1.807) is 25.3 Å². The molecule has 12 nitrogen and oxygen atoms in total. The number of aromatic amines is 1. The molecular formula is C22H22N6O6. The normalized spacial score (nSPS) is 12.5. The second-order valence-corrected chi connectivity index (χ2v) is 7.70. The van der Waals surface area contributed by atoms with E-state index in [0.29, 0.717) is 40.7 Å². The molecule has 4 heterocycles. The number of hydrogen-bond donors (Lipinski definition) is 1. The van der Waals surface area contributed by atoms with Crippen LogP contribution < -0.4 is 15.0 Å². The number of carbonyl (C=O) groups is 1. The van der Waals surface area contributed by atoms with E-state index >= 15 is 0 Å². The van der Waals surface area contributed by atoms with Crippen molar-refractivity contribution in [3.8, 4) is 11.5 Å². The van der Waals surface area contributed by atoms with E-state index in [1.165, 1.54) is 4.68 Å². The lowest BCUT2D eigenvalue weighted by molar-refractivity contribution is -0.144. The standard InChI is InChI=1S/C22H22N6O6/c1-2-31-21(29)12-28-20(24-25-26-28)11-27(10-16-4-3-5-32-16)9-15-6-14-7-18-19(34-13-33-18)8-17(14)23-22(15)30/h3-8H,2,9-13H2,1H3,(H,23,30).